The molecule has 0 bridgehead atoms. The molecule has 4 heteroatoms. The molecule has 0 aliphatic heterocycles. The van der Waals surface area contributed by atoms with Crippen LogP contribution in [0, 0.1) is 25.2 Å². The lowest BCUT2D eigenvalue weighted by Crippen LogP contribution is -2.12. The average molecular weight is 256 g/mol. The van der Waals surface area contributed by atoms with E-state index in [4.69, 9.17) is 5.26 Å². The van der Waals surface area contributed by atoms with Gasteiger partial charge in [0.15, 0.2) is 0 Å². The standard InChI is InChI=1S/C14H12N2OS/c1-9-3-4-11(8-15)7-12(9)16-14(17)13-10(2)5-6-18-13/h3-7H,1-2H3,(H,16,17). The molecule has 0 aliphatic rings. The summed E-state index contributed by atoms with van der Waals surface area (Å²) in [6, 6.07) is 9.24. The number of benzene rings is 1. The molecule has 1 aromatic carbocycles. The Labute approximate surface area is 110 Å². The Morgan fingerprint density at radius 3 is 2.67 bits per heavy atom. The molecule has 1 aromatic heterocycles. The molecule has 18 heavy (non-hydrogen) atoms. The maximum absolute atomic E-state index is 12.1. The number of amides is 1. The summed E-state index contributed by atoms with van der Waals surface area (Å²) in [4.78, 5) is 12.8. The Kier molecular flexibility index (Phi) is 3.45. The molecule has 0 spiro atoms. The van der Waals surface area contributed by atoms with Gasteiger partial charge in [0.1, 0.15) is 0 Å². The van der Waals surface area contributed by atoms with E-state index < -0.39 is 0 Å². The number of rotatable bonds is 2. The van der Waals surface area contributed by atoms with Gasteiger partial charge in [0.2, 0.25) is 0 Å². The van der Waals surface area contributed by atoms with Crippen molar-refractivity contribution in [1.29, 1.82) is 5.26 Å². The molecule has 3 nitrogen and oxygen atoms in total. The highest BCUT2D eigenvalue weighted by Gasteiger charge is 2.11. The normalized spacial score (nSPS) is 9.83. The molecule has 90 valence electrons. The molecule has 0 atom stereocenters. The van der Waals surface area contributed by atoms with Crippen LogP contribution in [0.25, 0.3) is 0 Å². The molecule has 2 rings (SSSR count). The first kappa shape index (κ1) is 12.3. The lowest BCUT2D eigenvalue weighted by molar-refractivity contribution is 0.103. The number of nitrogens with zero attached hydrogens (tertiary/aromatic N) is 1. The lowest BCUT2D eigenvalue weighted by Gasteiger charge is -2.08. The van der Waals surface area contributed by atoms with Crippen molar-refractivity contribution in [3.63, 3.8) is 0 Å². The summed E-state index contributed by atoms with van der Waals surface area (Å²) < 4.78 is 0. The van der Waals surface area contributed by atoms with E-state index in [0.717, 1.165) is 11.1 Å². The van der Waals surface area contributed by atoms with Crippen LogP contribution in [-0.2, 0) is 0 Å². The van der Waals surface area contributed by atoms with Crippen molar-refractivity contribution in [2.24, 2.45) is 0 Å². The molecule has 0 fully saturated rings. The Balaban J connectivity index is 2.27. The second kappa shape index (κ2) is 5.03. The number of hydrogen-bond acceptors (Lipinski definition) is 3. The van der Waals surface area contributed by atoms with Gasteiger partial charge in [-0.3, -0.25) is 4.79 Å². The van der Waals surface area contributed by atoms with Crippen LogP contribution in [0.1, 0.15) is 26.4 Å². The van der Waals surface area contributed by atoms with Gasteiger partial charge in [0.25, 0.3) is 5.91 Å². The minimum atomic E-state index is -0.124. The minimum absolute atomic E-state index is 0.124. The van der Waals surface area contributed by atoms with E-state index in [-0.39, 0.29) is 5.91 Å². The van der Waals surface area contributed by atoms with Crippen LogP contribution in [0.3, 0.4) is 0 Å². The first-order valence-corrected chi connectivity index (χ1v) is 6.36. The first-order chi connectivity index (χ1) is 8.61. The highest BCUT2D eigenvalue weighted by Crippen LogP contribution is 2.20. The maximum atomic E-state index is 12.1. The van der Waals surface area contributed by atoms with Gasteiger partial charge >= 0.3 is 0 Å². The Morgan fingerprint density at radius 2 is 2.06 bits per heavy atom. The number of hydrogen-bond donors (Lipinski definition) is 1. The van der Waals surface area contributed by atoms with Crippen LogP contribution in [-0.4, -0.2) is 5.91 Å². The van der Waals surface area contributed by atoms with Crippen molar-refractivity contribution in [3.05, 3.63) is 51.2 Å². The fraction of sp³-hybridized carbons (Fsp3) is 0.143. The van der Waals surface area contributed by atoms with Crippen LogP contribution in [0.5, 0.6) is 0 Å². The quantitative estimate of drug-likeness (QED) is 0.894. The van der Waals surface area contributed by atoms with Crippen molar-refractivity contribution < 1.29 is 4.79 Å². The Bertz CT molecular complexity index is 637. The van der Waals surface area contributed by atoms with Gasteiger partial charge < -0.3 is 5.32 Å². The summed E-state index contributed by atoms with van der Waals surface area (Å²) in [6.45, 7) is 3.81. The third-order valence-corrected chi connectivity index (χ3v) is 3.70. The Morgan fingerprint density at radius 1 is 1.28 bits per heavy atom. The molecule has 0 aliphatic carbocycles. The summed E-state index contributed by atoms with van der Waals surface area (Å²) in [6.07, 6.45) is 0. The van der Waals surface area contributed by atoms with Gasteiger partial charge in [-0.15, -0.1) is 11.3 Å². The number of anilines is 1. The van der Waals surface area contributed by atoms with E-state index in [9.17, 15) is 4.79 Å². The Hall–Kier alpha value is -2.12. The predicted octanol–water partition coefficient (Wildman–Crippen LogP) is 3.49. The monoisotopic (exact) mass is 256 g/mol. The van der Waals surface area contributed by atoms with Crippen LogP contribution >= 0.6 is 11.3 Å². The summed E-state index contributed by atoms with van der Waals surface area (Å²) >= 11 is 1.42. The predicted molar refractivity (Wildman–Crippen MR) is 72.9 cm³/mol. The highest BCUT2D eigenvalue weighted by atomic mass is 32.1. The van der Waals surface area contributed by atoms with Crippen molar-refractivity contribution >= 4 is 22.9 Å². The molecule has 2 aromatic rings. The van der Waals surface area contributed by atoms with Gasteiger partial charge in [-0.25, -0.2) is 0 Å². The summed E-state index contributed by atoms with van der Waals surface area (Å²) in [5.74, 6) is -0.124. The number of nitrogens with one attached hydrogen (secondary N) is 1. The number of thiophene rings is 1. The number of aryl methyl sites for hydroxylation is 2. The van der Waals surface area contributed by atoms with Crippen molar-refractivity contribution in [2.75, 3.05) is 5.32 Å². The average Bonchev–Trinajstić information content (AvgIpc) is 2.78. The van der Waals surface area contributed by atoms with Gasteiger partial charge in [-0.1, -0.05) is 6.07 Å². The van der Waals surface area contributed by atoms with Gasteiger partial charge in [0, 0.05) is 5.69 Å². The van der Waals surface area contributed by atoms with Gasteiger partial charge in [0.05, 0.1) is 16.5 Å². The van der Waals surface area contributed by atoms with E-state index in [1.165, 1.54) is 11.3 Å². The van der Waals surface area contributed by atoms with Crippen LogP contribution < -0.4 is 5.32 Å². The molecule has 1 N–H and O–H groups in total. The van der Waals surface area contributed by atoms with Crippen molar-refractivity contribution in [3.8, 4) is 6.07 Å². The number of carbonyl (C=O) groups is 1. The smallest absolute Gasteiger partial charge is 0.266 e. The lowest BCUT2D eigenvalue weighted by atomic mass is 10.1. The molecule has 0 saturated carbocycles. The van der Waals surface area contributed by atoms with Crippen LogP contribution in [0.2, 0.25) is 0 Å². The largest absolute Gasteiger partial charge is 0.321 e. The zero-order valence-electron chi connectivity index (χ0n) is 10.2. The zero-order valence-corrected chi connectivity index (χ0v) is 11.0. The third kappa shape index (κ3) is 2.41. The van der Waals surface area contributed by atoms with E-state index in [1.807, 2.05) is 31.4 Å². The minimum Gasteiger partial charge on any atom is -0.321 e. The molecule has 1 heterocycles. The summed E-state index contributed by atoms with van der Waals surface area (Å²) in [5, 5.41) is 13.6. The van der Waals surface area contributed by atoms with Gasteiger partial charge in [-0.05, 0) is 48.6 Å². The molecule has 0 radical (unpaired) electrons. The van der Waals surface area contributed by atoms with Crippen LogP contribution in [0.15, 0.2) is 29.6 Å². The van der Waals surface area contributed by atoms with Crippen molar-refractivity contribution in [1.82, 2.24) is 0 Å². The zero-order chi connectivity index (χ0) is 13.1. The van der Waals surface area contributed by atoms with E-state index in [0.29, 0.717) is 16.1 Å². The SMILES string of the molecule is Cc1ccc(C#N)cc1NC(=O)c1sccc1C. The summed E-state index contributed by atoms with van der Waals surface area (Å²) in [7, 11) is 0. The number of carbonyl (C=O) groups excluding carboxylic acids is 1. The van der Waals surface area contributed by atoms with Crippen LogP contribution in [0.4, 0.5) is 5.69 Å². The van der Waals surface area contributed by atoms with Crippen molar-refractivity contribution in [2.45, 2.75) is 13.8 Å². The topological polar surface area (TPSA) is 52.9 Å². The molecular formula is C14H12N2OS. The van der Waals surface area contributed by atoms with Gasteiger partial charge in [-0.2, -0.15) is 5.26 Å². The molecular weight excluding hydrogens is 244 g/mol. The fourth-order valence-electron chi connectivity index (χ4n) is 1.61. The number of nitriles is 1. The maximum Gasteiger partial charge on any atom is 0.266 e. The third-order valence-electron chi connectivity index (χ3n) is 2.68. The molecule has 0 unspecified atom stereocenters. The van der Waals surface area contributed by atoms with E-state index in [1.54, 1.807) is 12.1 Å². The fourth-order valence-corrected chi connectivity index (χ4v) is 2.43. The second-order valence-electron chi connectivity index (χ2n) is 4.03. The van der Waals surface area contributed by atoms with E-state index in [2.05, 4.69) is 11.4 Å². The van der Waals surface area contributed by atoms with E-state index >= 15 is 0 Å². The molecule has 1 amide bonds. The summed E-state index contributed by atoms with van der Waals surface area (Å²) in [5.41, 5.74) is 3.13. The first-order valence-electron chi connectivity index (χ1n) is 5.48. The highest BCUT2D eigenvalue weighted by molar-refractivity contribution is 7.12. The molecule has 0 saturated heterocycles. The second-order valence-corrected chi connectivity index (χ2v) is 4.94.